The van der Waals surface area contributed by atoms with E-state index in [1.54, 1.807) is 11.3 Å². The normalized spacial score (nSPS) is 11.0. The summed E-state index contributed by atoms with van der Waals surface area (Å²) < 4.78 is 1.83. The topological polar surface area (TPSA) is 55.1 Å². The third-order valence-electron chi connectivity index (χ3n) is 2.61. The monoisotopic (exact) mass is 259 g/mol. The molecule has 0 bridgehead atoms. The Balaban J connectivity index is 1.81. The van der Waals surface area contributed by atoms with Crippen LogP contribution in [0.4, 0.5) is 5.95 Å². The minimum atomic E-state index is 0.636. The van der Waals surface area contributed by atoms with Crippen LogP contribution in [0, 0.1) is 13.8 Å². The molecule has 5 nitrogen and oxygen atoms in total. The number of thiazole rings is 1. The summed E-state index contributed by atoms with van der Waals surface area (Å²) >= 11 is 1.64. The van der Waals surface area contributed by atoms with E-state index in [1.165, 1.54) is 0 Å². The van der Waals surface area contributed by atoms with E-state index in [9.17, 15) is 0 Å². The highest BCUT2D eigenvalue weighted by atomic mass is 32.1. The van der Waals surface area contributed by atoms with Crippen molar-refractivity contribution in [1.82, 2.24) is 19.6 Å². The van der Waals surface area contributed by atoms with Gasteiger partial charge in [-0.3, -0.25) is 0 Å². The fourth-order valence-electron chi connectivity index (χ4n) is 1.75. The molecule has 0 fully saturated rings. The number of hydrogen-bond donors (Lipinski definition) is 1. The lowest BCUT2D eigenvalue weighted by Crippen LogP contribution is -2.01. The van der Waals surface area contributed by atoms with Gasteiger partial charge in [-0.15, -0.1) is 16.4 Å². The second kappa shape index (κ2) is 4.38. The van der Waals surface area contributed by atoms with Gasteiger partial charge in [0.05, 0.1) is 6.54 Å². The molecule has 0 aliphatic carbocycles. The Kier molecular flexibility index (Phi) is 2.71. The van der Waals surface area contributed by atoms with Crippen molar-refractivity contribution >= 4 is 22.9 Å². The third kappa shape index (κ3) is 2.06. The van der Waals surface area contributed by atoms with Crippen LogP contribution in [0.1, 0.15) is 16.4 Å². The van der Waals surface area contributed by atoms with Crippen molar-refractivity contribution < 1.29 is 0 Å². The van der Waals surface area contributed by atoms with Crippen molar-refractivity contribution in [2.75, 3.05) is 5.32 Å². The molecular formula is C12H13N5S. The predicted molar refractivity (Wildman–Crippen MR) is 71.9 cm³/mol. The molecule has 0 aliphatic rings. The third-order valence-corrected chi connectivity index (χ3v) is 3.58. The first-order chi connectivity index (χ1) is 8.72. The molecule has 3 aromatic heterocycles. The Hall–Kier alpha value is -1.95. The van der Waals surface area contributed by atoms with Gasteiger partial charge in [0.15, 0.2) is 5.65 Å². The molecule has 6 heteroatoms. The summed E-state index contributed by atoms with van der Waals surface area (Å²) in [6.07, 6.45) is 0. The average molecular weight is 259 g/mol. The van der Waals surface area contributed by atoms with Crippen LogP contribution in [-0.4, -0.2) is 19.6 Å². The Morgan fingerprint density at radius 3 is 2.89 bits per heavy atom. The van der Waals surface area contributed by atoms with Gasteiger partial charge in [0.2, 0.25) is 5.95 Å². The molecule has 0 atom stereocenters. The standard InChI is InChI=1S/C12H13N5S/c1-8-7-18-11(14-8)6-13-12-15-10-5-3-4-9(2)17(10)16-12/h3-5,7H,6H2,1-2H3,(H,13,16). The molecule has 3 aromatic rings. The zero-order valence-electron chi connectivity index (χ0n) is 10.2. The highest BCUT2D eigenvalue weighted by Gasteiger charge is 2.05. The van der Waals surface area contributed by atoms with E-state index >= 15 is 0 Å². The molecule has 0 radical (unpaired) electrons. The van der Waals surface area contributed by atoms with Gasteiger partial charge < -0.3 is 5.32 Å². The summed E-state index contributed by atoms with van der Waals surface area (Å²) in [5.41, 5.74) is 2.97. The molecule has 0 amide bonds. The van der Waals surface area contributed by atoms with Gasteiger partial charge in [0, 0.05) is 16.8 Å². The average Bonchev–Trinajstić information content (AvgIpc) is 2.93. The van der Waals surface area contributed by atoms with Gasteiger partial charge in [-0.1, -0.05) is 6.07 Å². The van der Waals surface area contributed by atoms with Crippen molar-refractivity contribution in [1.29, 1.82) is 0 Å². The number of rotatable bonds is 3. The van der Waals surface area contributed by atoms with Crippen LogP contribution >= 0.6 is 11.3 Å². The molecule has 0 unspecified atom stereocenters. The fourth-order valence-corrected chi connectivity index (χ4v) is 2.46. The van der Waals surface area contributed by atoms with Crippen molar-refractivity contribution in [3.05, 3.63) is 40.0 Å². The van der Waals surface area contributed by atoms with Gasteiger partial charge in [0.1, 0.15) is 5.01 Å². The SMILES string of the molecule is Cc1csc(CNc2nc3cccc(C)n3n2)n1. The van der Waals surface area contributed by atoms with E-state index < -0.39 is 0 Å². The van der Waals surface area contributed by atoms with E-state index in [1.807, 2.05) is 41.9 Å². The molecule has 3 rings (SSSR count). The maximum Gasteiger partial charge on any atom is 0.243 e. The summed E-state index contributed by atoms with van der Waals surface area (Å²) in [4.78, 5) is 8.80. The highest BCUT2D eigenvalue weighted by Crippen LogP contribution is 2.12. The van der Waals surface area contributed by atoms with Crippen LogP contribution in [0.3, 0.4) is 0 Å². The van der Waals surface area contributed by atoms with Crippen LogP contribution in [0.5, 0.6) is 0 Å². The highest BCUT2D eigenvalue weighted by molar-refractivity contribution is 7.09. The van der Waals surface area contributed by atoms with Crippen molar-refractivity contribution in [3.8, 4) is 0 Å². The first-order valence-electron chi connectivity index (χ1n) is 5.69. The van der Waals surface area contributed by atoms with Crippen LogP contribution in [0.2, 0.25) is 0 Å². The largest absolute Gasteiger partial charge is 0.346 e. The lowest BCUT2D eigenvalue weighted by Gasteiger charge is -1.96. The van der Waals surface area contributed by atoms with Crippen LogP contribution in [0.25, 0.3) is 5.65 Å². The summed E-state index contributed by atoms with van der Waals surface area (Å²) in [7, 11) is 0. The van der Waals surface area contributed by atoms with Gasteiger partial charge in [0.25, 0.3) is 0 Å². The van der Waals surface area contributed by atoms with E-state index in [4.69, 9.17) is 0 Å². The zero-order valence-corrected chi connectivity index (χ0v) is 11.0. The quantitative estimate of drug-likeness (QED) is 0.784. The number of anilines is 1. The molecule has 92 valence electrons. The molecule has 18 heavy (non-hydrogen) atoms. The van der Waals surface area contributed by atoms with E-state index in [2.05, 4.69) is 20.4 Å². The summed E-state index contributed by atoms with van der Waals surface area (Å²) in [5, 5.41) is 10.7. The lowest BCUT2D eigenvalue weighted by atomic mass is 10.4. The summed E-state index contributed by atoms with van der Waals surface area (Å²) in [5.74, 6) is 0.636. The van der Waals surface area contributed by atoms with Gasteiger partial charge >= 0.3 is 0 Å². The summed E-state index contributed by atoms with van der Waals surface area (Å²) in [6, 6.07) is 5.93. The smallest absolute Gasteiger partial charge is 0.243 e. The Morgan fingerprint density at radius 2 is 2.17 bits per heavy atom. The molecule has 0 aromatic carbocycles. The van der Waals surface area contributed by atoms with Gasteiger partial charge in [-0.2, -0.15) is 4.98 Å². The van der Waals surface area contributed by atoms with E-state index in [0.717, 1.165) is 22.0 Å². The van der Waals surface area contributed by atoms with Crippen LogP contribution < -0.4 is 5.32 Å². The number of pyridine rings is 1. The van der Waals surface area contributed by atoms with Gasteiger partial charge in [-0.05, 0) is 26.0 Å². The predicted octanol–water partition coefficient (Wildman–Crippen LogP) is 2.41. The Labute approximate surface area is 109 Å². The Morgan fingerprint density at radius 1 is 1.28 bits per heavy atom. The minimum absolute atomic E-state index is 0.636. The fraction of sp³-hybridized carbons (Fsp3) is 0.250. The molecule has 0 spiro atoms. The molecule has 0 aliphatic heterocycles. The first kappa shape index (κ1) is 11.2. The number of nitrogens with one attached hydrogen (secondary N) is 1. The van der Waals surface area contributed by atoms with E-state index in [-0.39, 0.29) is 0 Å². The molecule has 3 heterocycles. The number of aromatic nitrogens is 4. The number of nitrogens with zero attached hydrogens (tertiary/aromatic N) is 4. The number of fused-ring (bicyclic) bond motifs is 1. The summed E-state index contributed by atoms with van der Waals surface area (Å²) in [6.45, 7) is 4.66. The Bertz CT molecular complexity index is 685. The second-order valence-electron chi connectivity index (χ2n) is 4.11. The first-order valence-corrected chi connectivity index (χ1v) is 6.57. The minimum Gasteiger partial charge on any atom is -0.346 e. The molecule has 0 saturated carbocycles. The maximum atomic E-state index is 4.41. The molecule has 0 saturated heterocycles. The molecule has 1 N–H and O–H groups in total. The van der Waals surface area contributed by atoms with Crippen molar-refractivity contribution in [3.63, 3.8) is 0 Å². The molecular weight excluding hydrogens is 246 g/mol. The van der Waals surface area contributed by atoms with Crippen molar-refractivity contribution in [2.45, 2.75) is 20.4 Å². The van der Waals surface area contributed by atoms with E-state index in [0.29, 0.717) is 12.5 Å². The van der Waals surface area contributed by atoms with Gasteiger partial charge in [-0.25, -0.2) is 9.50 Å². The lowest BCUT2D eigenvalue weighted by molar-refractivity contribution is 0.908. The van der Waals surface area contributed by atoms with Crippen molar-refractivity contribution in [2.24, 2.45) is 0 Å². The van der Waals surface area contributed by atoms with Crippen LogP contribution in [-0.2, 0) is 6.54 Å². The zero-order chi connectivity index (χ0) is 12.5. The maximum absolute atomic E-state index is 4.41. The second-order valence-corrected chi connectivity index (χ2v) is 5.05. The number of hydrogen-bond acceptors (Lipinski definition) is 5. The number of aryl methyl sites for hydroxylation is 2. The van der Waals surface area contributed by atoms with Crippen LogP contribution in [0.15, 0.2) is 23.6 Å².